The normalized spacial score (nSPS) is 14.8. The fourth-order valence-corrected chi connectivity index (χ4v) is 4.36. The lowest BCUT2D eigenvalue weighted by Gasteiger charge is -2.27. The maximum absolute atomic E-state index is 13.2. The lowest BCUT2D eigenvalue weighted by atomic mass is 9.97. The molecule has 0 aliphatic heterocycles. The fraction of sp³-hybridized carbons (Fsp3) is 0.759. The summed E-state index contributed by atoms with van der Waals surface area (Å²) in [6.07, 6.45) is 2.50. The van der Waals surface area contributed by atoms with Crippen molar-refractivity contribution in [1.82, 2.24) is 26.6 Å². The summed E-state index contributed by atoms with van der Waals surface area (Å²) in [6.45, 7) is 6.67. The first-order valence-corrected chi connectivity index (χ1v) is 16.0. The number of rotatable bonds is 24. The summed E-state index contributed by atoms with van der Waals surface area (Å²) < 4.78 is 0. The maximum atomic E-state index is 13.2. The zero-order valence-electron chi connectivity index (χ0n) is 28.1. The molecule has 47 heavy (non-hydrogen) atoms. The Hall–Kier alpha value is -4.03. The maximum Gasteiger partial charge on any atom is 0.243 e. The molecule has 0 aliphatic carbocycles. The van der Waals surface area contributed by atoms with Crippen LogP contribution in [0.15, 0.2) is 4.99 Å². The molecule has 0 bridgehead atoms. The molecule has 6 atom stereocenters. The van der Waals surface area contributed by atoms with Gasteiger partial charge in [-0.25, -0.2) is 0 Å². The lowest BCUT2D eigenvalue weighted by Crippen LogP contribution is -2.58. The lowest BCUT2D eigenvalue weighted by molar-refractivity contribution is -0.134. The van der Waals surface area contributed by atoms with Crippen molar-refractivity contribution >= 4 is 41.4 Å². The summed E-state index contributed by atoms with van der Waals surface area (Å²) in [7, 11) is 0. The van der Waals surface area contributed by atoms with Crippen molar-refractivity contribution in [2.24, 2.45) is 45.5 Å². The number of nitrogens with zero attached hydrogens (tertiary/aromatic N) is 1. The molecule has 18 nitrogen and oxygen atoms in total. The van der Waals surface area contributed by atoms with Gasteiger partial charge in [0.15, 0.2) is 5.96 Å². The number of primary amides is 1. The van der Waals surface area contributed by atoms with E-state index >= 15 is 0 Å². The van der Waals surface area contributed by atoms with Crippen LogP contribution in [-0.4, -0.2) is 103 Å². The second-order valence-electron chi connectivity index (χ2n) is 11.9. The number of amides is 6. The first-order chi connectivity index (χ1) is 22.1. The van der Waals surface area contributed by atoms with Crippen LogP contribution in [0.5, 0.6) is 0 Å². The molecule has 18 heteroatoms. The number of carbonyl (C=O) groups is 6. The van der Waals surface area contributed by atoms with Crippen molar-refractivity contribution in [2.75, 3.05) is 26.2 Å². The van der Waals surface area contributed by atoms with Crippen LogP contribution in [0.1, 0.15) is 72.6 Å². The molecule has 0 radical (unpaired) electrons. The molecule has 16 N–H and O–H groups in total. The highest BCUT2D eigenvalue weighted by molar-refractivity contribution is 5.95. The number of aliphatic imine (C=N–C) groups is 1. The quantitative estimate of drug-likeness (QED) is 0.0268. The third kappa shape index (κ3) is 18.0. The molecular weight excluding hydrogens is 614 g/mol. The summed E-state index contributed by atoms with van der Waals surface area (Å²) in [5, 5.41) is 22.0. The van der Waals surface area contributed by atoms with Gasteiger partial charge in [0.2, 0.25) is 35.4 Å². The molecule has 6 amide bonds. The van der Waals surface area contributed by atoms with Crippen LogP contribution in [0.3, 0.4) is 0 Å². The highest BCUT2D eigenvalue weighted by Crippen LogP contribution is 2.10. The van der Waals surface area contributed by atoms with Crippen LogP contribution in [-0.2, 0) is 28.8 Å². The first-order valence-electron chi connectivity index (χ1n) is 16.0. The van der Waals surface area contributed by atoms with Crippen LogP contribution < -0.4 is 55.3 Å². The third-order valence-electron chi connectivity index (χ3n) is 7.29. The van der Waals surface area contributed by atoms with Crippen LogP contribution in [0.4, 0.5) is 0 Å². The van der Waals surface area contributed by atoms with E-state index < -0.39 is 78.8 Å². The summed E-state index contributed by atoms with van der Waals surface area (Å²) >= 11 is 0. The van der Waals surface area contributed by atoms with Gasteiger partial charge < -0.3 is 60.4 Å². The van der Waals surface area contributed by atoms with Crippen LogP contribution in [0.2, 0.25) is 0 Å². The highest BCUT2D eigenvalue weighted by Gasteiger charge is 2.31. The molecule has 0 saturated carbocycles. The van der Waals surface area contributed by atoms with Crippen molar-refractivity contribution in [1.29, 1.82) is 0 Å². The predicted octanol–water partition coefficient (Wildman–Crippen LogP) is -3.88. The molecule has 0 aromatic carbocycles. The Labute approximate surface area is 276 Å². The second-order valence-corrected chi connectivity index (χ2v) is 11.9. The van der Waals surface area contributed by atoms with Crippen molar-refractivity contribution in [2.45, 2.75) is 103 Å². The van der Waals surface area contributed by atoms with Gasteiger partial charge in [-0.2, -0.15) is 0 Å². The average molecular weight is 672 g/mol. The smallest absolute Gasteiger partial charge is 0.243 e. The van der Waals surface area contributed by atoms with Gasteiger partial charge in [-0.15, -0.1) is 0 Å². The number of hydrogen-bond acceptors (Lipinski definition) is 10. The Bertz CT molecular complexity index is 1050. The molecule has 0 fully saturated rings. The summed E-state index contributed by atoms with van der Waals surface area (Å²) in [5.74, 6) is -4.58. The summed E-state index contributed by atoms with van der Waals surface area (Å²) in [5.41, 5.74) is 27.3. The van der Waals surface area contributed by atoms with Crippen molar-refractivity contribution < 1.29 is 33.9 Å². The SMILES string of the molecule is CC[C@H](C)[C@H](NC(=O)[C@H](CCCCN)NC(=O)[C@@H](N)CO)C(=O)NCC(=O)N[C@@H](CCCN=C(N)N)C(=O)N[C@@H](CC(C)C)C(N)=O. The van der Waals surface area contributed by atoms with Crippen molar-refractivity contribution in [3.63, 3.8) is 0 Å². The molecule has 0 aromatic rings. The first kappa shape index (κ1) is 43.0. The highest BCUT2D eigenvalue weighted by atomic mass is 16.3. The molecule has 0 unspecified atom stereocenters. The Morgan fingerprint density at radius 2 is 1.34 bits per heavy atom. The molecule has 0 heterocycles. The zero-order valence-corrected chi connectivity index (χ0v) is 28.1. The molecule has 0 saturated heterocycles. The van der Waals surface area contributed by atoms with E-state index in [1.54, 1.807) is 6.92 Å². The Morgan fingerprint density at radius 1 is 0.766 bits per heavy atom. The van der Waals surface area contributed by atoms with Gasteiger partial charge in [0.1, 0.15) is 30.2 Å². The van der Waals surface area contributed by atoms with Gasteiger partial charge in [0.25, 0.3) is 0 Å². The number of hydrogen-bond donors (Lipinski definition) is 11. The number of nitrogens with two attached hydrogens (primary N) is 5. The number of unbranched alkanes of at least 4 members (excludes halogenated alkanes) is 1. The van der Waals surface area contributed by atoms with Gasteiger partial charge in [-0.1, -0.05) is 34.1 Å². The number of carbonyl (C=O) groups excluding carboxylic acids is 6. The minimum atomic E-state index is -1.23. The van der Waals surface area contributed by atoms with Gasteiger partial charge >= 0.3 is 0 Å². The van der Waals surface area contributed by atoms with Crippen LogP contribution >= 0.6 is 0 Å². The number of aliphatic hydroxyl groups is 1. The van der Waals surface area contributed by atoms with E-state index in [1.165, 1.54) is 0 Å². The number of guanidine groups is 1. The van der Waals surface area contributed by atoms with Crippen molar-refractivity contribution in [3.8, 4) is 0 Å². The second kappa shape index (κ2) is 23.3. The molecule has 0 spiro atoms. The minimum absolute atomic E-state index is 0.0486. The van der Waals surface area contributed by atoms with Crippen LogP contribution in [0.25, 0.3) is 0 Å². The Morgan fingerprint density at radius 3 is 1.87 bits per heavy atom. The van der Waals surface area contributed by atoms with Crippen LogP contribution in [0, 0.1) is 11.8 Å². The van der Waals surface area contributed by atoms with E-state index in [9.17, 15) is 33.9 Å². The zero-order chi connectivity index (χ0) is 36.1. The fourth-order valence-electron chi connectivity index (χ4n) is 4.36. The number of nitrogens with one attached hydrogen (secondary N) is 5. The summed E-state index contributed by atoms with van der Waals surface area (Å²) in [4.78, 5) is 80.5. The Kier molecular flexibility index (Phi) is 21.3. The van der Waals surface area contributed by atoms with E-state index in [2.05, 4.69) is 31.6 Å². The van der Waals surface area contributed by atoms with E-state index in [0.29, 0.717) is 38.6 Å². The van der Waals surface area contributed by atoms with E-state index in [1.807, 2.05) is 20.8 Å². The molecule has 0 aromatic heterocycles. The molecule has 0 rings (SSSR count). The minimum Gasteiger partial charge on any atom is -0.394 e. The molecule has 0 aliphatic rings. The van der Waals surface area contributed by atoms with Gasteiger partial charge in [0.05, 0.1) is 13.2 Å². The number of aliphatic hydroxyl groups excluding tert-OH is 1. The molecule has 270 valence electrons. The van der Waals surface area contributed by atoms with Crippen molar-refractivity contribution in [3.05, 3.63) is 0 Å². The summed E-state index contributed by atoms with van der Waals surface area (Å²) in [6, 6.07) is -5.42. The van der Waals surface area contributed by atoms with Gasteiger partial charge in [-0.3, -0.25) is 33.8 Å². The van der Waals surface area contributed by atoms with E-state index in [4.69, 9.17) is 28.7 Å². The topological polar surface area (TPSA) is 325 Å². The standard InChI is InChI=1S/C29H57N11O7/c1-5-17(4)23(40-27(46)20(9-6-7-11-30)38-25(44)18(31)15-41)28(47)36-14-22(42)37-19(10-8-12-35-29(33)34)26(45)39-21(24(32)43)13-16(2)3/h16-21,23,41H,5-15,30-31H2,1-4H3,(H2,32,43)(H,36,47)(H,37,42)(H,38,44)(H,39,45)(H,40,46)(H4,33,34,35)/t17-,18-,19-,20-,21-,23-/m0/s1. The van der Waals surface area contributed by atoms with Gasteiger partial charge in [0, 0.05) is 6.54 Å². The average Bonchev–Trinajstić information content (AvgIpc) is 3.01. The Balaban J connectivity index is 5.67. The third-order valence-corrected chi connectivity index (χ3v) is 7.29. The van der Waals surface area contributed by atoms with E-state index in [-0.39, 0.29) is 37.2 Å². The monoisotopic (exact) mass is 671 g/mol. The predicted molar refractivity (Wildman–Crippen MR) is 177 cm³/mol. The molecular formula is C29H57N11O7. The largest absolute Gasteiger partial charge is 0.394 e. The van der Waals surface area contributed by atoms with E-state index in [0.717, 1.165) is 0 Å². The van der Waals surface area contributed by atoms with Gasteiger partial charge in [-0.05, 0) is 56.9 Å².